The number of hydrogen-bond donors (Lipinski definition) is 2. The summed E-state index contributed by atoms with van der Waals surface area (Å²) in [7, 11) is 0. The molecular formula is C17H15F3N2O5. The molecule has 144 valence electrons. The molecule has 0 aliphatic rings. The fraction of sp³-hybridized carbons (Fsp3) is 0.235. The van der Waals surface area contributed by atoms with E-state index in [2.05, 4.69) is 5.32 Å². The van der Waals surface area contributed by atoms with Crippen LogP contribution in [0, 0.1) is 34.5 Å². The van der Waals surface area contributed by atoms with Crippen LogP contribution < -0.4 is 10.1 Å². The number of aryl methyl sites for hydroxylation is 1. The summed E-state index contributed by atoms with van der Waals surface area (Å²) in [5, 5.41) is 23.3. The van der Waals surface area contributed by atoms with Crippen LogP contribution in [-0.2, 0) is 4.79 Å². The molecule has 0 bridgehead atoms. The summed E-state index contributed by atoms with van der Waals surface area (Å²) < 4.78 is 44.5. The van der Waals surface area contributed by atoms with E-state index in [0.29, 0.717) is 6.07 Å². The Labute approximate surface area is 151 Å². The van der Waals surface area contributed by atoms with Crippen LogP contribution in [-0.4, -0.2) is 28.1 Å². The maximum Gasteiger partial charge on any atom is 0.272 e. The van der Waals surface area contributed by atoms with E-state index in [0.717, 1.165) is 13.0 Å². The van der Waals surface area contributed by atoms with E-state index in [1.807, 2.05) is 0 Å². The molecule has 10 heteroatoms. The Kier molecular flexibility index (Phi) is 5.69. The summed E-state index contributed by atoms with van der Waals surface area (Å²) in [6.07, 6.45) is 0. The van der Waals surface area contributed by atoms with Crippen LogP contribution >= 0.6 is 0 Å². The molecule has 2 aromatic rings. The van der Waals surface area contributed by atoms with Gasteiger partial charge in [0, 0.05) is 17.3 Å². The first-order chi connectivity index (χ1) is 12.5. The average molecular weight is 384 g/mol. The average Bonchev–Trinajstić information content (AvgIpc) is 2.58. The van der Waals surface area contributed by atoms with E-state index in [1.165, 1.54) is 25.1 Å². The zero-order valence-corrected chi connectivity index (χ0v) is 14.3. The molecule has 1 atom stereocenters. The SMILES string of the molecule is Cc1cc(NC(=O)[C@@](C)(O)COc2ccc(F)c(F)c2F)ccc1[N+](=O)[O-]. The van der Waals surface area contributed by atoms with Crippen molar-refractivity contribution in [2.75, 3.05) is 11.9 Å². The molecule has 0 heterocycles. The van der Waals surface area contributed by atoms with Crippen molar-refractivity contribution in [3.05, 3.63) is 63.5 Å². The van der Waals surface area contributed by atoms with Crippen molar-refractivity contribution in [2.45, 2.75) is 19.4 Å². The summed E-state index contributed by atoms with van der Waals surface area (Å²) in [4.78, 5) is 22.4. The first-order valence-electron chi connectivity index (χ1n) is 7.58. The molecule has 2 rings (SSSR count). The summed E-state index contributed by atoms with van der Waals surface area (Å²) in [6, 6.07) is 5.26. The van der Waals surface area contributed by atoms with Crippen molar-refractivity contribution in [3.8, 4) is 5.75 Å². The van der Waals surface area contributed by atoms with Gasteiger partial charge in [0.25, 0.3) is 11.6 Å². The topological polar surface area (TPSA) is 102 Å². The van der Waals surface area contributed by atoms with Crippen LogP contribution in [0.15, 0.2) is 30.3 Å². The van der Waals surface area contributed by atoms with Gasteiger partial charge < -0.3 is 15.2 Å². The van der Waals surface area contributed by atoms with E-state index in [1.54, 1.807) is 0 Å². The number of halogens is 3. The van der Waals surface area contributed by atoms with E-state index in [4.69, 9.17) is 4.74 Å². The van der Waals surface area contributed by atoms with Crippen molar-refractivity contribution < 1.29 is 32.7 Å². The summed E-state index contributed by atoms with van der Waals surface area (Å²) in [5.74, 6) is -6.35. The second kappa shape index (κ2) is 7.62. The zero-order chi connectivity index (χ0) is 20.4. The second-order valence-corrected chi connectivity index (χ2v) is 5.95. The standard InChI is InChI=1S/C17H15F3N2O5/c1-9-7-10(3-5-12(9)22(25)26)21-16(23)17(2,24)8-27-13-6-4-11(18)14(19)15(13)20/h3-7,24H,8H2,1-2H3,(H,21,23)/t17-/m0/s1. The van der Waals surface area contributed by atoms with Gasteiger partial charge in [-0.05, 0) is 38.1 Å². The summed E-state index contributed by atoms with van der Waals surface area (Å²) in [6.45, 7) is 1.78. The number of carbonyl (C=O) groups excluding carboxylic acids is 1. The third kappa shape index (κ3) is 4.53. The molecule has 1 amide bonds. The number of amides is 1. The Balaban J connectivity index is 2.08. The molecule has 0 radical (unpaired) electrons. The smallest absolute Gasteiger partial charge is 0.272 e. The van der Waals surface area contributed by atoms with Crippen LogP contribution in [0.5, 0.6) is 5.75 Å². The van der Waals surface area contributed by atoms with E-state index >= 15 is 0 Å². The molecule has 7 nitrogen and oxygen atoms in total. The lowest BCUT2D eigenvalue weighted by atomic mass is 10.1. The lowest BCUT2D eigenvalue weighted by molar-refractivity contribution is -0.385. The van der Waals surface area contributed by atoms with Crippen LogP contribution in [0.1, 0.15) is 12.5 Å². The quantitative estimate of drug-likeness (QED) is 0.453. The van der Waals surface area contributed by atoms with Gasteiger partial charge in [0.15, 0.2) is 23.0 Å². The number of anilines is 1. The minimum absolute atomic E-state index is 0.142. The molecule has 2 N–H and O–H groups in total. The number of benzene rings is 2. The number of nitro benzene ring substituents is 1. The largest absolute Gasteiger partial charge is 0.487 e. The molecule has 0 saturated heterocycles. The van der Waals surface area contributed by atoms with Gasteiger partial charge in [-0.15, -0.1) is 0 Å². The van der Waals surface area contributed by atoms with Gasteiger partial charge in [0.1, 0.15) is 6.61 Å². The van der Waals surface area contributed by atoms with Crippen LogP contribution in [0.4, 0.5) is 24.5 Å². The number of hydrogen-bond acceptors (Lipinski definition) is 5. The van der Waals surface area contributed by atoms with Gasteiger partial charge in [0.2, 0.25) is 5.82 Å². The maximum atomic E-state index is 13.6. The van der Waals surface area contributed by atoms with Crippen molar-refractivity contribution in [3.63, 3.8) is 0 Å². The van der Waals surface area contributed by atoms with Crippen molar-refractivity contribution >= 4 is 17.3 Å². The van der Waals surface area contributed by atoms with Crippen molar-refractivity contribution in [2.24, 2.45) is 0 Å². The predicted octanol–water partition coefficient (Wildman–Crippen LogP) is 3.09. The number of nitrogens with zero attached hydrogens (tertiary/aromatic N) is 1. The lowest BCUT2D eigenvalue weighted by Gasteiger charge is -2.23. The molecule has 0 saturated carbocycles. The van der Waals surface area contributed by atoms with Gasteiger partial charge >= 0.3 is 0 Å². The molecule has 0 aliphatic heterocycles. The minimum atomic E-state index is -2.16. The molecule has 0 aliphatic carbocycles. The van der Waals surface area contributed by atoms with E-state index < -0.39 is 46.2 Å². The minimum Gasteiger partial charge on any atom is -0.487 e. The highest BCUT2D eigenvalue weighted by atomic mass is 19.2. The monoisotopic (exact) mass is 384 g/mol. The number of aliphatic hydroxyl groups is 1. The third-order valence-corrected chi connectivity index (χ3v) is 3.65. The van der Waals surface area contributed by atoms with Crippen LogP contribution in [0.25, 0.3) is 0 Å². The zero-order valence-electron chi connectivity index (χ0n) is 14.3. The second-order valence-electron chi connectivity index (χ2n) is 5.95. The highest BCUT2D eigenvalue weighted by Crippen LogP contribution is 2.24. The summed E-state index contributed by atoms with van der Waals surface area (Å²) in [5.41, 5.74) is -1.83. The Morgan fingerprint density at radius 1 is 1.26 bits per heavy atom. The Morgan fingerprint density at radius 3 is 2.52 bits per heavy atom. The highest BCUT2D eigenvalue weighted by Gasteiger charge is 2.32. The van der Waals surface area contributed by atoms with Crippen molar-refractivity contribution in [1.29, 1.82) is 0 Å². The number of rotatable bonds is 6. The van der Waals surface area contributed by atoms with Gasteiger partial charge in [-0.25, -0.2) is 8.78 Å². The Hall–Kier alpha value is -3.14. The van der Waals surface area contributed by atoms with Gasteiger partial charge in [-0.3, -0.25) is 14.9 Å². The summed E-state index contributed by atoms with van der Waals surface area (Å²) >= 11 is 0. The number of nitrogens with one attached hydrogen (secondary N) is 1. The van der Waals surface area contributed by atoms with Crippen molar-refractivity contribution in [1.82, 2.24) is 0 Å². The normalized spacial score (nSPS) is 13.0. The first-order valence-corrected chi connectivity index (χ1v) is 7.58. The fourth-order valence-corrected chi connectivity index (χ4v) is 2.11. The molecule has 27 heavy (non-hydrogen) atoms. The van der Waals surface area contributed by atoms with E-state index in [-0.39, 0.29) is 16.9 Å². The fourth-order valence-electron chi connectivity index (χ4n) is 2.11. The predicted molar refractivity (Wildman–Crippen MR) is 88.9 cm³/mol. The number of nitro groups is 1. The Bertz CT molecular complexity index is 902. The molecule has 0 unspecified atom stereocenters. The lowest BCUT2D eigenvalue weighted by Crippen LogP contribution is -2.45. The molecule has 0 spiro atoms. The molecule has 0 fully saturated rings. The number of carbonyl (C=O) groups is 1. The highest BCUT2D eigenvalue weighted by molar-refractivity contribution is 5.97. The number of ether oxygens (including phenoxy) is 1. The molecule has 2 aromatic carbocycles. The van der Waals surface area contributed by atoms with Gasteiger partial charge in [0.05, 0.1) is 4.92 Å². The Morgan fingerprint density at radius 2 is 1.93 bits per heavy atom. The van der Waals surface area contributed by atoms with Crippen LogP contribution in [0.2, 0.25) is 0 Å². The van der Waals surface area contributed by atoms with E-state index in [9.17, 15) is 33.2 Å². The first kappa shape index (κ1) is 20.2. The van der Waals surface area contributed by atoms with Crippen LogP contribution in [0.3, 0.4) is 0 Å². The molecular weight excluding hydrogens is 369 g/mol. The molecule has 0 aromatic heterocycles. The maximum absolute atomic E-state index is 13.6. The third-order valence-electron chi connectivity index (χ3n) is 3.65. The van der Waals surface area contributed by atoms with Gasteiger partial charge in [-0.1, -0.05) is 0 Å². The van der Waals surface area contributed by atoms with Gasteiger partial charge in [-0.2, -0.15) is 4.39 Å².